The van der Waals surface area contributed by atoms with E-state index in [2.05, 4.69) is 4.72 Å². The molecular formula is C10H15FN2O2S. The molecular weight excluding hydrogens is 231 g/mol. The smallest absolute Gasteiger partial charge is 0.207 e. The summed E-state index contributed by atoms with van der Waals surface area (Å²) in [5.74, 6) is -0.312. The average molecular weight is 246 g/mol. The first-order valence-corrected chi connectivity index (χ1v) is 6.27. The molecule has 1 rings (SSSR count). The zero-order valence-electron chi connectivity index (χ0n) is 9.27. The van der Waals surface area contributed by atoms with Gasteiger partial charge in [-0.05, 0) is 24.1 Å². The molecule has 0 saturated heterocycles. The van der Waals surface area contributed by atoms with Gasteiger partial charge in [0.1, 0.15) is 5.82 Å². The predicted molar refractivity (Wildman–Crippen MR) is 60.7 cm³/mol. The summed E-state index contributed by atoms with van der Waals surface area (Å²) in [5, 5.41) is 0. The van der Waals surface area contributed by atoms with Crippen molar-refractivity contribution >= 4 is 10.2 Å². The van der Waals surface area contributed by atoms with E-state index >= 15 is 0 Å². The number of halogens is 1. The Hall–Kier alpha value is -0.980. The van der Waals surface area contributed by atoms with Crippen LogP contribution in [0.5, 0.6) is 0 Å². The van der Waals surface area contributed by atoms with E-state index in [0.717, 1.165) is 9.87 Å². The number of nitrogens with one attached hydrogen (secondary N) is 1. The maximum atomic E-state index is 12.8. The Morgan fingerprint density at radius 1 is 1.38 bits per heavy atom. The normalized spacial score (nSPS) is 12.0. The van der Waals surface area contributed by atoms with E-state index in [1.165, 1.54) is 26.2 Å². The molecule has 4 nitrogen and oxygen atoms in total. The topological polar surface area (TPSA) is 49.4 Å². The fraction of sp³-hybridized carbons (Fsp3) is 0.400. The van der Waals surface area contributed by atoms with Crippen molar-refractivity contribution < 1.29 is 12.8 Å². The number of hydrogen-bond donors (Lipinski definition) is 1. The predicted octanol–water partition coefficient (Wildman–Crippen LogP) is 0.764. The summed E-state index contributed by atoms with van der Waals surface area (Å²) in [6, 6.07) is 6.11. The minimum Gasteiger partial charge on any atom is -0.207 e. The Morgan fingerprint density at radius 3 is 2.62 bits per heavy atom. The van der Waals surface area contributed by atoms with E-state index in [1.807, 2.05) is 0 Å². The quantitative estimate of drug-likeness (QED) is 0.834. The van der Waals surface area contributed by atoms with Gasteiger partial charge in [0.05, 0.1) is 0 Å². The largest absolute Gasteiger partial charge is 0.278 e. The molecule has 0 amide bonds. The van der Waals surface area contributed by atoms with Crippen molar-refractivity contribution in [3.05, 3.63) is 35.6 Å². The zero-order valence-corrected chi connectivity index (χ0v) is 10.1. The van der Waals surface area contributed by atoms with Crippen LogP contribution in [0, 0.1) is 5.82 Å². The molecule has 1 N–H and O–H groups in total. The minimum atomic E-state index is -3.39. The van der Waals surface area contributed by atoms with Gasteiger partial charge in [-0.25, -0.2) is 9.11 Å². The Balaban J connectivity index is 2.48. The first-order valence-electron chi connectivity index (χ1n) is 4.83. The molecule has 0 unspecified atom stereocenters. The highest BCUT2D eigenvalue weighted by Gasteiger charge is 2.11. The molecule has 0 atom stereocenters. The van der Waals surface area contributed by atoms with Gasteiger partial charge in [-0.15, -0.1) is 0 Å². The summed E-state index contributed by atoms with van der Waals surface area (Å²) in [4.78, 5) is 0. The summed E-state index contributed by atoms with van der Waals surface area (Å²) in [5.41, 5.74) is 0.765. The van der Waals surface area contributed by atoms with E-state index in [9.17, 15) is 12.8 Å². The van der Waals surface area contributed by atoms with Crippen LogP contribution in [-0.4, -0.2) is 33.4 Å². The Morgan fingerprint density at radius 2 is 2.06 bits per heavy atom. The molecule has 0 bridgehead atoms. The van der Waals surface area contributed by atoms with Gasteiger partial charge in [0, 0.05) is 20.6 Å². The van der Waals surface area contributed by atoms with Crippen LogP contribution in [-0.2, 0) is 16.6 Å². The fourth-order valence-electron chi connectivity index (χ4n) is 1.15. The van der Waals surface area contributed by atoms with Gasteiger partial charge < -0.3 is 0 Å². The number of rotatable bonds is 5. The van der Waals surface area contributed by atoms with Crippen molar-refractivity contribution in [2.24, 2.45) is 0 Å². The zero-order chi connectivity index (χ0) is 12.2. The van der Waals surface area contributed by atoms with Crippen LogP contribution in [0.15, 0.2) is 24.3 Å². The monoisotopic (exact) mass is 246 g/mol. The van der Waals surface area contributed by atoms with Gasteiger partial charge in [-0.3, -0.25) is 0 Å². The summed E-state index contributed by atoms with van der Waals surface area (Å²) in [6.45, 7) is 0.254. The Bertz CT molecular complexity index is 446. The van der Waals surface area contributed by atoms with Gasteiger partial charge in [-0.1, -0.05) is 12.1 Å². The minimum absolute atomic E-state index is 0.254. The molecule has 0 fully saturated rings. The van der Waals surface area contributed by atoms with Crippen molar-refractivity contribution in [2.75, 3.05) is 20.6 Å². The Kier molecular flexibility index (Phi) is 4.40. The molecule has 90 valence electrons. The van der Waals surface area contributed by atoms with Gasteiger partial charge in [0.2, 0.25) is 0 Å². The fourth-order valence-corrected chi connectivity index (χ4v) is 1.76. The van der Waals surface area contributed by atoms with Crippen molar-refractivity contribution in [1.29, 1.82) is 0 Å². The third kappa shape index (κ3) is 3.88. The van der Waals surface area contributed by atoms with E-state index in [1.54, 1.807) is 12.1 Å². The molecule has 0 saturated carbocycles. The van der Waals surface area contributed by atoms with E-state index in [0.29, 0.717) is 6.42 Å². The summed E-state index contributed by atoms with van der Waals surface area (Å²) in [6.07, 6.45) is 0.463. The molecule has 0 aliphatic heterocycles. The lowest BCUT2D eigenvalue weighted by molar-refractivity contribution is 0.506. The molecule has 0 spiro atoms. The molecule has 1 aromatic rings. The third-order valence-corrected chi connectivity index (χ3v) is 3.60. The molecule has 6 heteroatoms. The highest BCUT2D eigenvalue weighted by Crippen LogP contribution is 2.03. The van der Waals surface area contributed by atoms with E-state index in [-0.39, 0.29) is 12.4 Å². The maximum Gasteiger partial charge on any atom is 0.278 e. The third-order valence-electron chi connectivity index (χ3n) is 2.07. The highest BCUT2D eigenvalue weighted by atomic mass is 32.2. The number of nitrogens with zero attached hydrogens (tertiary/aromatic N) is 1. The maximum absolute atomic E-state index is 12.8. The average Bonchev–Trinajstić information content (AvgIpc) is 2.17. The highest BCUT2D eigenvalue weighted by molar-refractivity contribution is 7.87. The molecule has 0 heterocycles. The standard InChI is InChI=1S/C10H15FN2O2S/c1-13(2)16(14,15)12-7-6-9-4-3-5-10(11)8-9/h3-5,8,12H,6-7H2,1-2H3. The number of hydrogen-bond acceptors (Lipinski definition) is 2. The summed E-state index contributed by atoms with van der Waals surface area (Å²) >= 11 is 0. The number of benzene rings is 1. The lowest BCUT2D eigenvalue weighted by Gasteiger charge is -2.12. The first-order chi connectivity index (χ1) is 7.42. The van der Waals surface area contributed by atoms with Crippen LogP contribution in [0.25, 0.3) is 0 Å². The lowest BCUT2D eigenvalue weighted by Crippen LogP contribution is -2.36. The van der Waals surface area contributed by atoms with Crippen LogP contribution >= 0.6 is 0 Å². The molecule has 1 aromatic carbocycles. The Labute approximate surface area is 95.3 Å². The second-order valence-corrected chi connectivity index (χ2v) is 5.53. The second-order valence-electron chi connectivity index (χ2n) is 3.56. The summed E-state index contributed by atoms with van der Waals surface area (Å²) in [7, 11) is -0.491. The van der Waals surface area contributed by atoms with Crippen LogP contribution in [0.4, 0.5) is 4.39 Å². The first kappa shape index (κ1) is 13.1. The molecule has 16 heavy (non-hydrogen) atoms. The van der Waals surface area contributed by atoms with Crippen molar-refractivity contribution in [2.45, 2.75) is 6.42 Å². The van der Waals surface area contributed by atoms with Crippen LogP contribution < -0.4 is 4.72 Å². The van der Waals surface area contributed by atoms with Gasteiger partial charge >= 0.3 is 0 Å². The van der Waals surface area contributed by atoms with E-state index in [4.69, 9.17) is 0 Å². The molecule has 0 radical (unpaired) electrons. The molecule has 0 aromatic heterocycles. The molecule has 0 aliphatic rings. The van der Waals surface area contributed by atoms with Gasteiger partial charge in [0.25, 0.3) is 10.2 Å². The molecule has 0 aliphatic carbocycles. The lowest BCUT2D eigenvalue weighted by atomic mass is 10.1. The van der Waals surface area contributed by atoms with Gasteiger partial charge in [-0.2, -0.15) is 12.7 Å². The van der Waals surface area contributed by atoms with Crippen molar-refractivity contribution in [3.63, 3.8) is 0 Å². The van der Waals surface area contributed by atoms with Gasteiger partial charge in [0.15, 0.2) is 0 Å². The van der Waals surface area contributed by atoms with Crippen LogP contribution in [0.2, 0.25) is 0 Å². The van der Waals surface area contributed by atoms with E-state index < -0.39 is 10.2 Å². The van der Waals surface area contributed by atoms with Crippen LogP contribution in [0.3, 0.4) is 0 Å². The second kappa shape index (κ2) is 5.38. The van der Waals surface area contributed by atoms with Crippen LogP contribution in [0.1, 0.15) is 5.56 Å². The SMILES string of the molecule is CN(C)S(=O)(=O)NCCc1cccc(F)c1. The summed E-state index contributed by atoms with van der Waals surface area (Å²) < 4.78 is 39.0. The van der Waals surface area contributed by atoms with Crippen molar-refractivity contribution in [1.82, 2.24) is 9.03 Å². The van der Waals surface area contributed by atoms with Crippen molar-refractivity contribution in [3.8, 4) is 0 Å².